The number of carboxylic acids is 1. The maximum Gasteiger partial charge on any atom is 0.341 e. The first kappa shape index (κ1) is 9.45. The Morgan fingerprint density at radius 2 is 2.40 bits per heavy atom. The van der Waals surface area contributed by atoms with Gasteiger partial charge in [-0.25, -0.2) is 9.31 Å². The predicted octanol–water partition coefficient (Wildman–Crippen LogP) is 0.283. The standard InChI is InChI=1S/C9H9N3O3/c1-2-5-3-7(13)11-8-6(9(14)15)4-10-12(5)8/h3-4H,2H2,1H3,(H,11,13)(H,14,15). The summed E-state index contributed by atoms with van der Waals surface area (Å²) in [5.41, 5.74) is 0.595. The van der Waals surface area contributed by atoms with E-state index in [-0.39, 0.29) is 16.8 Å². The monoisotopic (exact) mass is 207 g/mol. The molecule has 2 N–H and O–H groups in total. The van der Waals surface area contributed by atoms with Crippen LogP contribution in [0.2, 0.25) is 0 Å². The highest BCUT2D eigenvalue weighted by molar-refractivity contribution is 5.94. The van der Waals surface area contributed by atoms with Crippen LogP contribution in [0.5, 0.6) is 0 Å². The molecule has 0 unspecified atom stereocenters. The molecule has 0 aliphatic carbocycles. The van der Waals surface area contributed by atoms with E-state index in [2.05, 4.69) is 10.1 Å². The fourth-order valence-corrected chi connectivity index (χ4v) is 1.46. The van der Waals surface area contributed by atoms with Gasteiger partial charge in [-0.15, -0.1) is 0 Å². The zero-order chi connectivity index (χ0) is 11.0. The molecule has 15 heavy (non-hydrogen) atoms. The number of nitrogens with zero attached hydrogens (tertiary/aromatic N) is 2. The van der Waals surface area contributed by atoms with Crippen LogP contribution < -0.4 is 5.56 Å². The first-order chi connectivity index (χ1) is 7.13. The van der Waals surface area contributed by atoms with Gasteiger partial charge in [0.15, 0.2) is 5.65 Å². The van der Waals surface area contributed by atoms with Crippen LogP contribution in [-0.2, 0) is 6.42 Å². The molecule has 2 rings (SSSR count). The van der Waals surface area contributed by atoms with E-state index in [1.54, 1.807) is 0 Å². The molecule has 0 aliphatic heterocycles. The average Bonchev–Trinajstić information content (AvgIpc) is 2.59. The predicted molar refractivity (Wildman–Crippen MR) is 52.2 cm³/mol. The van der Waals surface area contributed by atoms with Crippen LogP contribution in [0.15, 0.2) is 17.1 Å². The number of hydrogen-bond acceptors (Lipinski definition) is 3. The number of rotatable bonds is 2. The topological polar surface area (TPSA) is 87.5 Å². The number of aryl methyl sites for hydroxylation is 1. The van der Waals surface area contributed by atoms with Crippen molar-refractivity contribution in [3.8, 4) is 0 Å². The van der Waals surface area contributed by atoms with Gasteiger partial charge in [-0.05, 0) is 6.42 Å². The number of carboxylic acid groups (broad SMARTS) is 1. The zero-order valence-electron chi connectivity index (χ0n) is 8.02. The number of aromatic carboxylic acids is 1. The fourth-order valence-electron chi connectivity index (χ4n) is 1.46. The highest BCUT2D eigenvalue weighted by atomic mass is 16.4. The van der Waals surface area contributed by atoms with Gasteiger partial charge in [0, 0.05) is 11.8 Å². The average molecular weight is 207 g/mol. The molecule has 6 heteroatoms. The van der Waals surface area contributed by atoms with E-state index in [0.717, 1.165) is 0 Å². The van der Waals surface area contributed by atoms with Crippen LogP contribution >= 0.6 is 0 Å². The lowest BCUT2D eigenvalue weighted by Gasteiger charge is -2.00. The Bertz CT molecular complexity index is 582. The van der Waals surface area contributed by atoms with E-state index in [1.807, 2.05) is 6.92 Å². The van der Waals surface area contributed by atoms with Crippen molar-refractivity contribution >= 4 is 11.6 Å². The molecule has 2 aromatic rings. The summed E-state index contributed by atoms with van der Waals surface area (Å²) in [6.45, 7) is 1.87. The second-order valence-electron chi connectivity index (χ2n) is 3.10. The fraction of sp³-hybridized carbons (Fsp3) is 0.222. The van der Waals surface area contributed by atoms with E-state index in [4.69, 9.17) is 5.11 Å². The SMILES string of the molecule is CCc1cc(=O)[nH]c2c(C(=O)O)cnn12. The van der Waals surface area contributed by atoms with Crippen molar-refractivity contribution in [3.05, 3.63) is 33.9 Å². The molecular formula is C9H9N3O3. The van der Waals surface area contributed by atoms with Gasteiger partial charge in [-0.2, -0.15) is 5.10 Å². The maximum absolute atomic E-state index is 11.2. The summed E-state index contributed by atoms with van der Waals surface area (Å²) in [5.74, 6) is -1.10. The van der Waals surface area contributed by atoms with Crippen molar-refractivity contribution in [2.24, 2.45) is 0 Å². The van der Waals surface area contributed by atoms with Gasteiger partial charge < -0.3 is 10.1 Å². The van der Waals surface area contributed by atoms with Gasteiger partial charge in [0.1, 0.15) is 5.56 Å². The molecule has 0 bridgehead atoms. The molecule has 78 valence electrons. The number of fused-ring (bicyclic) bond motifs is 1. The smallest absolute Gasteiger partial charge is 0.341 e. The highest BCUT2D eigenvalue weighted by Gasteiger charge is 2.13. The van der Waals surface area contributed by atoms with Crippen molar-refractivity contribution in [2.75, 3.05) is 0 Å². The Kier molecular flexibility index (Phi) is 2.03. The van der Waals surface area contributed by atoms with Gasteiger partial charge in [-0.1, -0.05) is 6.92 Å². The summed E-state index contributed by atoms with van der Waals surface area (Å²) in [4.78, 5) is 24.5. The van der Waals surface area contributed by atoms with Gasteiger partial charge >= 0.3 is 5.97 Å². The van der Waals surface area contributed by atoms with Crippen LogP contribution in [-0.4, -0.2) is 25.7 Å². The summed E-state index contributed by atoms with van der Waals surface area (Å²) in [6.07, 6.45) is 1.84. The van der Waals surface area contributed by atoms with Crippen LogP contribution in [0.3, 0.4) is 0 Å². The first-order valence-electron chi connectivity index (χ1n) is 4.46. The van der Waals surface area contributed by atoms with Crippen molar-refractivity contribution in [1.29, 1.82) is 0 Å². The quantitative estimate of drug-likeness (QED) is 0.740. The minimum absolute atomic E-state index is 0.00222. The number of hydrogen-bond donors (Lipinski definition) is 2. The number of H-pyrrole nitrogens is 1. The number of nitrogens with one attached hydrogen (secondary N) is 1. The first-order valence-corrected chi connectivity index (χ1v) is 4.46. The Hall–Kier alpha value is -2.11. The molecule has 0 amide bonds. The Labute approximate surface area is 84.2 Å². The molecule has 0 fully saturated rings. The third kappa shape index (κ3) is 1.39. The normalized spacial score (nSPS) is 10.7. The molecule has 0 aliphatic rings. The molecule has 0 radical (unpaired) electrons. The summed E-state index contributed by atoms with van der Waals surface area (Å²) < 4.78 is 1.44. The zero-order valence-corrected chi connectivity index (χ0v) is 8.02. The largest absolute Gasteiger partial charge is 0.477 e. The highest BCUT2D eigenvalue weighted by Crippen LogP contribution is 2.08. The van der Waals surface area contributed by atoms with E-state index < -0.39 is 5.97 Å². The van der Waals surface area contributed by atoms with Crippen molar-refractivity contribution in [1.82, 2.24) is 14.6 Å². The number of aromatic amines is 1. The molecule has 0 saturated heterocycles. The van der Waals surface area contributed by atoms with E-state index in [9.17, 15) is 9.59 Å². The second kappa shape index (κ2) is 3.23. The molecule has 0 aromatic carbocycles. The second-order valence-corrected chi connectivity index (χ2v) is 3.10. The lowest BCUT2D eigenvalue weighted by molar-refractivity contribution is 0.0699. The van der Waals surface area contributed by atoms with Gasteiger partial charge in [0.25, 0.3) is 5.56 Å². The minimum Gasteiger partial charge on any atom is -0.477 e. The van der Waals surface area contributed by atoms with Crippen molar-refractivity contribution in [2.45, 2.75) is 13.3 Å². The van der Waals surface area contributed by atoms with Crippen LogP contribution in [0.25, 0.3) is 5.65 Å². The van der Waals surface area contributed by atoms with Gasteiger partial charge in [0.2, 0.25) is 0 Å². The van der Waals surface area contributed by atoms with Crippen LogP contribution in [0, 0.1) is 0 Å². The summed E-state index contributed by atoms with van der Waals surface area (Å²) in [5, 5.41) is 12.8. The van der Waals surface area contributed by atoms with Crippen LogP contribution in [0.4, 0.5) is 0 Å². The maximum atomic E-state index is 11.2. The van der Waals surface area contributed by atoms with E-state index in [0.29, 0.717) is 12.1 Å². The molecule has 2 aromatic heterocycles. The third-order valence-electron chi connectivity index (χ3n) is 2.17. The van der Waals surface area contributed by atoms with Crippen LogP contribution in [0.1, 0.15) is 23.0 Å². The molecule has 0 saturated carbocycles. The lowest BCUT2D eigenvalue weighted by atomic mass is 10.3. The number of aromatic nitrogens is 3. The molecule has 0 atom stereocenters. The molecule has 2 heterocycles. The molecular weight excluding hydrogens is 198 g/mol. The van der Waals surface area contributed by atoms with Crippen molar-refractivity contribution < 1.29 is 9.90 Å². The minimum atomic E-state index is -1.10. The Balaban J connectivity index is 2.87. The molecule has 6 nitrogen and oxygen atoms in total. The Morgan fingerprint density at radius 1 is 1.67 bits per heavy atom. The van der Waals surface area contributed by atoms with Crippen molar-refractivity contribution in [3.63, 3.8) is 0 Å². The third-order valence-corrected chi connectivity index (χ3v) is 2.17. The Morgan fingerprint density at radius 3 is 3.00 bits per heavy atom. The van der Waals surface area contributed by atoms with Gasteiger partial charge in [-0.3, -0.25) is 4.79 Å². The summed E-state index contributed by atoms with van der Waals surface area (Å²) in [7, 11) is 0. The van der Waals surface area contributed by atoms with E-state index >= 15 is 0 Å². The van der Waals surface area contributed by atoms with E-state index in [1.165, 1.54) is 16.8 Å². The van der Waals surface area contributed by atoms with Gasteiger partial charge in [0.05, 0.1) is 6.20 Å². The molecule has 0 spiro atoms. The summed E-state index contributed by atoms with van der Waals surface area (Å²) in [6, 6.07) is 1.41. The lowest BCUT2D eigenvalue weighted by Crippen LogP contribution is -2.12. The number of carbonyl (C=O) groups is 1. The summed E-state index contributed by atoms with van der Waals surface area (Å²) >= 11 is 0.